The van der Waals surface area contributed by atoms with Gasteiger partial charge in [0.2, 0.25) is 5.91 Å². The Hall–Kier alpha value is -2.66. The maximum Gasteiger partial charge on any atom is 0.251 e. The molecule has 0 atom stereocenters. The van der Waals surface area contributed by atoms with E-state index in [-0.39, 0.29) is 18.4 Å². The van der Waals surface area contributed by atoms with Crippen molar-refractivity contribution in [2.75, 3.05) is 11.9 Å². The minimum atomic E-state index is -0.162. The van der Waals surface area contributed by atoms with Gasteiger partial charge in [-0.3, -0.25) is 9.59 Å². The molecule has 0 aromatic heterocycles. The summed E-state index contributed by atoms with van der Waals surface area (Å²) in [6, 6.07) is 12.9. The standard InChI is InChI=1S/C19H20N2O3/c1-21-17-8-6-14(10-13(17)7-9-18(21)23)19(24)20-11-15-4-2-3-5-16(15)12-22/h2-6,8,10,22H,7,9,11-12H2,1H3,(H,20,24). The molecule has 2 amide bonds. The van der Waals surface area contributed by atoms with Gasteiger partial charge in [-0.2, -0.15) is 0 Å². The number of nitrogens with zero attached hydrogens (tertiary/aromatic N) is 1. The first kappa shape index (κ1) is 16.2. The molecule has 5 nitrogen and oxygen atoms in total. The normalized spacial score (nSPS) is 13.6. The molecule has 0 fully saturated rings. The van der Waals surface area contributed by atoms with Gasteiger partial charge in [0.25, 0.3) is 5.91 Å². The Morgan fingerprint density at radius 2 is 1.92 bits per heavy atom. The second-order valence-electron chi connectivity index (χ2n) is 5.91. The summed E-state index contributed by atoms with van der Waals surface area (Å²) in [7, 11) is 1.76. The van der Waals surface area contributed by atoms with Gasteiger partial charge in [-0.1, -0.05) is 24.3 Å². The molecule has 1 aliphatic heterocycles. The van der Waals surface area contributed by atoms with Crippen molar-refractivity contribution in [1.82, 2.24) is 5.32 Å². The molecule has 5 heteroatoms. The van der Waals surface area contributed by atoms with E-state index >= 15 is 0 Å². The van der Waals surface area contributed by atoms with E-state index < -0.39 is 0 Å². The van der Waals surface area contributed by atoms with E-state index in [0.717, 1.165) is 22.4 Å². The average molecular weight is 324 g/mol. The van der Waals surface area contributed by atoms with E-state index in [1.54, 1.807) is 18.0 Å². The van der Waals surface area contributed by atoms with E-state index in [1.807, 2.05) is 36.4 Å². The topological polar surface area (TPSA) is 69.6 Å². The Morgan fingerprint density at radius 1 is 1.17 bits per heavy atom. The summed E-state index contributed by atoms with van der Waals surface area (Å²) in [6.07, 6.45) is 1.13. The maximum absolute atomic E-state index is 12.4. The van der Waals surface area contributed by atoms with Crippen molar-refractivity contribution in [1.29, 1.82) is 0 Å². The third-order valence-corrected chi connectivity index (χ3v) is 4.41. The molecule has 0 saturated heterocycles. The highest BCUT2D eigenvalue weighted by Gasteiger charge is 2.21. The molecule has 0 saturated carbocycles. The fraction of sp³-hybridized carbons (Fsp3) is 0.263. The van der Waals surface area contributed by atoms with Gasteiger partial charge in [0.15, 0.2) is 0 Å². The summed E-state index contributed by atoms with van der Waals surface area (Å²) in [5.74, 6) is -0.0644. The van der Waals surface area contributed by atoms with E-state index in [1.165, 1.54) is 0 Å². The Balaban J connectivity index is 1.73. The number of fused-ring (bicyclic) bond motifs is 1. The molecule has 2 N–H and O–H groups in total. The minimum absolute atomic E-state index is 0.0503. The predicted molar refractivity (Wildman–Crippen MR) is 91.7 cm³/mol. The fourth-order valence-corrected chi connectivity index (χ4v) is 2.96. The third kappa shape index (κ3) is 3.16. The SMILES string of the molecule is CN1C(=O)CCc2cc(C(=O)NCc3ccccc3CO)ccc21. The second kappa shape index (κ2) is 6.84. The molecule has 0 spiro atoms. The van der Waals surface area contributed by atoms with Crippen molar-refractivity contribution >= 4 is 17.5 Å². The summed E-state index contributed by atoms with van der Waals surface area (Å²) < 4.78 is 0. The molecular weight excluding hydrogens is 304 g/mol. The highest BCUT2D eigenvalue weighted by Crippen LogP contribution is 2.27. The first-order valence-corrected chi connectivity index (χ1v) is 7.95. The lowest BCUT2D eigenvalue weighted by atomic mass is 9.99. The second-order valence-corrected chi connectivity index (χ2v) is 5.91. The van der Waals surface area contributed by atoms with Crippen LogP contribution in [0.4, 0.5) is 5.69 Å². The van der Waals surface area contributed by atoms with Crippen LogP contribution in [-0.2, 0) is 24.4 Å². The minimum Gasteiger partial charge on any atom is -0.392 e. The van der Waals surface area contributed by atoms with Crippen LogP contribution < -0.4 is 10.2 Å². The first-order chi connectivity index (χ1) is 11.6. The van der Waals surface area contributed by atoms with Crippen LogP contribution >= 0.6 is 0 Å². The number of rotatable bonds is 4. The third-order valence-electron chi connectivity index (χ3n) is 4.41. The average Bonchev–Trinajstić information content (AvgIpc) is 2.62. The fourth-order valence-electron chi connectivity index (χ4n) is 2.96. The van der Waals surface area contributed by atoms with Gasteiger partial charge < -0.3 is 15.3 Å². The Morgan fingerprint density at radius 3 is 2.67 bits per heavy atom. The molecular formula is C19H20N2O3. The molecule has 124 valence electrons. The zero-order valence-corrected chi connectivity index (χ0v) is 13.6. The van der Waals surface area contributed by atoms with Crippen molar-refractivity contribution in [2.45, 2.75) is 26.0 Å². The van der Waals surface area contributed by atoms with Crippen molar-refractivity contribution in [3.05, 3.63) is 64.7 Å². The van der Waals surface area contributed by atoms with Crippen LogP contribution in [0.5, 0.6) is 0 Å². The molecule has 1 heterocycles. The number of carbonyl (C=O) groups is 2. The number of benzene rings is 2. The lowest BCUT2D eigenvalue weighted by Crippen LogP contribution is -2.31. The Bertz CT molecular complexity index is 786. The summed E-state index contributed by atoms with van der Waals surface area (Å²) in [4.78, 5) is 25.8. The molecule has 0 radical (unpaired) electrons. The molecule has 3 rings (SSSR count). The summed E-state index contributed by atoms with van der Waals surface area (Å²) in [5, 5.41) is 12.2. The van der Waals surface area contributed by atoms with Crippen molar-refractivity contribution in [3.63, 3.8) is 0 Å². The number of aryl methyl sites for hydroxylation is 1. The van der Waals surface area contributed by atoms with Crippen LogP contribution in [-0.4, -0.2) is 24.0 Å². The molecule has 24 heavy (non-hydrogen) atoms. The summed E-state index contributed by atoms with van der Waals surface area (Å²) >= 11 is 0. The van der Waals surface area contributed by atoms with Gasteiger partial charge in [-0.05, 0) is 41.3 Å². The van der Waals surface area contributed by atoms with Crippen molar-refractivity contribution < 1.29 is 14.7 Å². The Kier molecular flexibility index (Phi) is 4.62. The van der Waals surface area contributed by atoms with Crippen LogP contribution in [0.15, 0.2) is 42.5 Å². The number of aliphatic hydroxyl groups is 1. The van der Waals surface area contributed by atoms with Crippen LogP contribution in [0.1, 0.15) is 33.5 Å². The number of hydrogen-bond donors (Lipinski definition) is 2. The van der Waals surface area contributed by atoms with Crippen molar-refractivity contribution in [3.8, 4) is 0 Å². The lowest BCUT2D eigenvalue weighted by molar-refractivity contribution is -0.118. The van der Waals surface area contributed by atoms with Crippen LogP contribution in [0.25, 0.3) is 0 Å². The van der Waals surface area contributed by atoms with Gasteiger partial charge in [0, 0.05) is 31.3 Å². The number of hydrogen-bond acceptors (Lipinski definition) is 3. The van der Waals surface area contributed by atoms with E-state index in [2.05, 4.69) is 5.32 Å². The van der Waals surface area contributed by atoms with E-state index in [4.69, 9.17) is 0 Å². The van der Waals surface area contributed by atoms with Gasteiger partial charge in [0.05, 0.1) is 6.61 Å². The van der Waals surface area contributed by atoms with Gasteiger partial charge in [0.1, 0.15) is 0 Å². The number of carbonyl (C=O) groups excluding carboxylic acids is 2. The van der Waals surface area contributed by atoms with Gasteiger partial charge in [-0.15, -0.1) is 0 Å². The number of aliphatic hydroxyl groups excluding tert-OH is 1. The van der Waals surface area contributed by atoms with Crippen LogP contribution in [0.2, 0.25) is 0 Å². The van der Waals surface area contributed by atoms with Gasteiger partial charge in [-0.25, -0.2) is 0 Å². The summed E-state index contributed by atoms with van der Waals surface area (Å²) in [5.41, 5.74) is 4.17. The van der Waals surface area contributed by atoms with Crippen molar-refractivity contribution in [2.24, 2.45) is 0 Å². The number of amides is 2. The molecule has 0 bridgehead atoms. The highest BCUT2D eigenvalue weighted by molar-refractivity contribution is 5.98. The highest BCUT2D eigenvalue weighted by atomic mass is 16.3. The van der Waals surface area contributed by atoms with Gasteiger partial charge >= 0.3 is 0 Å². The predicted octanol–water partition coefficient (Wildman–Crippen LogP) is 2.02. The van der Waals surface area contributed by atoms with E-state index in [9.17, 15) is 14.7 Å². The van der Waals surface area contributed by atoms with E-state index in [0.29, 0.717) is 24.9 Å². The first-order valence-electron chi connectivity index (χ1n) is 7.95. The quantitative estimate of drug-likeness (QED) is 0.904. The molecule has 0 unspecified atom stereocenters. The summed E-state index contributed by atoms with van der Waals surface area (Å²) in [6.45, 7) is 0.316. The number of anilines is 1. The zero-order valence-electron chi connectivity index (χ0n) is 13.6. The molecule has 1 aliphatic rings. The Labute approximate surface area is 140 Å². The molecule has 0 aliphatic carbocycles. The molecule has 2 aromatic carbocycles. The maximum atomic E-state index is 12.4. The smallest absolute Gasteiger partial charge is 0.251 e. The number of nitrogens with one attached hydrogen (secondary N) is 1. The lowest BCUT2D eigenvalue weighted by Gasteiger charge is -2.26. The largest absolute Gasteiger partial charge is 0.392 e. The van der Waals surface area contributed by atoms with Crippen LogP contribution in [0, 0.1) is 0 Å². The zero-order chi connectivity index (χ0) is 17.1. The monoisotopic (exact) mass is 324 g/mol. The van der Waals surface area contributed by atoms with Crippen LogP contribution in [0.3, 0.4) is 0 Å². The molecule has 2 aromatic rings.